The minimum Gasteiger partial charge on any atom is -0.479 e. The lowest BCUT2D eigenvalue weighted by molar-refractivity contribution is 0.0812. The van der Waals surface area contributed by atoms with E-state index in [1.54, 1.807) is 0 Å². The second kappa shape index (κ2) is 5.77. The van der Waals surface area contributed by atoms with E-state index in [0.717, 1.165) is 24.3 Å². The molecular formula is C15H11F3O2. The van der Waals surface area contributed by atoms with E-state index in [9.17, 15) is 18.0 Å². The molecule has 0 spiro atoms. The lowest BCUT2D eigenvalue weighted by Gasteiger charge is -2.14. The molecule has 0 bridgehead atoms. The largest absolute Gasteiger partial charge is 0.479 e. The summed E-state index contributed by atoms with van der Waals surface area (Å²) >= 11 is 0. The molecule has 1 atom stereocenters. The zero-order valence-electron chi connectivity index (χ0n) is 10.6. The van der Waals surface area contributed by atoms with E-state index < -0.39 is 29.3 Å². The van der Waals surface area contributed by atoms with Crippen LogP contribution in [0, 0.1) is 17.5 Å². The van der Waals surface area contributed by atoms with Crippen molar-refractivity contribution in [3.8, 4) is 5.75 Å². The third kappa shape index (κ3) is 3.17. The van der Waals surface area contributed by atoms with Gasteiger partial charge in [-0.15, -0.1) is 0 Å². The van der Waals surface area contributed by atoms with Gasteiger partial charge in [-0.05, 0) is 43.3 Å². The molecule has 0 radical (unpaired) electrons. The fourth-order valence-electron chi connectivity index (χ4n) is 1.66. The monoisotopic (exact) mass is 280 g/mol. The molecule has 2 rings (SSSR count). The summed E-state index contributed by atoms with van der Waals surface area (Å²) in [5.41, 5.74) is 0.251. The minimum absolute atomic E-state index is 0.214. The Bertz CT molecular complexity index is 624. The number of hydrogen-bond donors (Lipinski definition) is 0. The number of halogens is 3. The average Bonchev–Trinajstić information content (AvgIpc) is 2.42. The summed E-state index contributed by atoms with van der Waals surface area (Å²) in [6, 6.07) is 7.75. The first-order valence-corrected chi connectivity index (χ1v) is 5.89. The number of benzene rings is 2. The van der Waals surface area contributed by atoms with E-state index in [0.29, 0.717) is 6.07 Å². The molecule has 104 valence electrons. The zero-order chi connectivity index (χ0) is 14.7. The molecule has 0 fully saturated rings. The standard InChI is InChI=1S/C15H11F3O2/c1-9(15(19)10-2-4-11(16)5-3-10)20-14-7-6-12(17)8-13(14)18/h2-9H,1H3. The van der Waals surface area contributed by atoms with Crippen molar-refractivity contribution in [3.05, 3.63) is 65.5 Å². The van der Waals surface area contributed by atoms with E-state index in [4.69, 9.17) is 4.74 Å². The highest BCUT2D eigenvalue weighted by molar-refractivity contribution is 5.99. The number of carbonyl (C=O) groups excluding carboxylic acids is 1. The van der Waals surface area contributed by atoms with Gasteiger partial charge in [0.15, 0.2) is 17.7 Å². The third-order valence-corrected chi connectivity index (χ3v) is 2.70. The molecule has 0 aliphatic heterocycles. The summed E-state index contributed by atoms with van der Waals surface area (Å²) in [6.45, 7) is 1.44. The van der Waals surface area contributed by atoms with Crippen LogP contribution < -0.4 is 4.74 Å². The van der Waals surface area contributed by atoms with Crippen LogP contribution in [-0.4, -0.2) is 11.9 Å². The van der Waals surface area contributed by atoms with Crippen LogP contribution in [0.2, 0.25) is 0 Å². The molecule has 0 aromatic heterocycles. The maximum absolute atomic E-state index is 13.4. The molecule has 0 aliphatic carbocycles. The Morgan fingerprint density at radius 1 is 1.00 bits per heavy atom. The van der Waals surface area contributed by atoms with Crippen LogP contribution in [0.15, 0.2) is 42.5 Å². The fourth-order valence-corrected chi connectivity index (χ4v) is 1.66. The number of carbonyl (C=O) groups is 1. The summed E-state index contributed by atoms with van der Waals surface area (Å²) in [5, 5.41) is 0. The molecule has 0 saturated heterocycles. The number of ether oxygens (including phenoxy) is 1. The Morgan fingerprint density at radius 3 is 2.20 bits per heavy atom. The Hall–Kier alpha value is -2.30. The molecule has 2 aromatic carbocycles. The van der Waals surface area contributed by atoms with E-state index in [-0.39, 0.29) is 11.3 Å². The quantitative estimate of drug-likeness (QED) is 0.797. The molecule has 2 nitrogen and oxygen atoms in total. The summed E-state index contributed by atoms with van der Waals surface area (Å²) in [5.74, 6) is -2.71. The van der Waals surface area contributed by atoms with Crippen LogP contribution >= 0.6 is 0 Å². The van der Waals surface area contributed by atoms with E-state index in [1.165, 1.54) is 19.1 Å². The second-order valence-electron chi connectivity index (χ2n) is 4.21. The smallest absolute Gasteiger partial charge is 0.202 e. The maximum Gasteiger partial charge on any atom is 0.202 e. The third-order valence-electron chi connectivity index (χ3n) is 2.70. The molecular weight excluding hydrogens is 269 g/mol. The topological polar surface area (TPSA) is 26.3 Å². The first kappa shape index (κ1) is 14.1. The van der Waals surface area contributed by atoms with Crippen molar-refractivity contribution in [2.75, 3.05) is 0 Å². The van der Waals surface area contributed by atoms with Crippen molar-refractivity contribution >= 4 is 5.78 Å². The Kier molecular flexibility index (Phi) is 4.08. The van der Waals surface area contributed by atoms with Gasteiger partial charge >= 0.3 is 0 Å². The van der Waals surface area contributed by atoms with Gasteiger partial charge in [0.2, 0.25) is 5.78 Å². The highest BCUT2D eigenvalue weighted by Crippen LogP contribution is 2.20. The van der Waals surface area contributed by atoms with E-state index in [1.807, 2.05) is 0 Å². The van der Waals surface area contributed by atoms with Gasteiger partial charge in [-0.1, -0.05) is 0 Å². The highest BCUT2D eigenvalue weighted by atomic mass is 19.1. The molecule has 20 heavy (non-hydrogen) atoms. The lowest BCUT2D eigenvalue weighted by atomic mass is 10.1. The predicted molar refractivity (Wildman–Crippen MR) is 67.2 cm³/mol. The van der Waals surface area contributed by atoms with Crippen LogP contribution in [0.5, 0.6) is 5.75 Å². The molecule has 0 amide bonds. The van der Waals surface area contributed by atoms with Gasteiger partial charge in [-0.2, -0.15) is 0 Å². The van der Waals surface area contributed by atoms with Gasteiger partial charge in [0, 0.05) is 11.6 Å². The van der Waals surface area contributed by atoms with Crippen molar-refractivity contribution < 1.29 is 22.7 Å². The van der Waals surface area contributed by atoms with Crippen LogP contribution in [0.3, 0.4) is 0 Å². The van der Waals surface area contributed by atoms with Gasteiger partial charge in [0.05, 0.1) is 0 Å². The molecule has 0 saturated carbocycles. The second-order valence-corrected chi connectivity index (χ2v) is 4.21. The summed E-state index contributed by atoms with van der Waals surface area (Å²) in [6.07, 6.45) is -0.972. The summed E-state index contributed by atoms with van der Waals surface area (Å²) in [7, 11) is 0. The summed E-state index contributed by atoms with van der Waals surface area (Å²) in [4.78, 5) is 12.0. The summed E-state index contributed by atoms with van der Waals surface area (Å²) < 4.78 is 44.1. The minimum atomic E-state index is -0.972. The van der Waals surface area contributed by atoms with Crippen molar-refractivity contribution in [3.63, 3.8) is 0 Å². The van der Waals surface area contributed by atoms with Crippen molar-refractivity contribution in [2.24, 2.45) is 0 Å². The molecule has 0 heterocycles. The maximum atomic E-state index is 13.4. The van der Waals surface area contributed by atoms with Crippen LogP contribution in [-0.2, 0) is 0 Å². The Labute approximate surface area is 113 Å². The van der Waals surface area contributed by atoms with Crippen LogP contribution in [0.4, 0.5) is 13.2 Å². The number of hydrogen-bond acceptors (Lipinski definition) is 2. The lowest BCUT2D eigenvalue weighted by Crippen LogP contribution is -2.24. The van der Waals surface area contributed by atoms with Gasteiger partial charge in [0.25, 0.3) is 0 Å². The SMILES string of the molecule is CC(Oc1ccc(F)cc1F)C(=O)c1ccc(F)cc1. The van der Waals surface area contributed by atoms with Crippen molar-refractivity contribution in [1.29, 1.82) is 0 Å². The molecule has 1 unspecified atom stereocenters. The normalized spacial score (nSPS) is 12.0. The fraction of sp³-hybridized carbons (Fsp3) is 0.133. The molecule has 2 aromatic rings. The Balaban J connectivity index is 2.13. The van der Waals surface area contributed by atoms with Gasteiger partial charge < -0.3 is 4.74 Å². The van der Waals surface area contributed by atoms with E-state index >= 15 is 0 Å². The highest BCUT2D eigenvalue weighted by Gasteiger charge is 2.18. The molecule has 0 N–H and O–H groups in total. The average molecular weight is 280 g/mol. The number of ketones is 1. The van der Waals surface area contributed by atoms with Gasteiger partial charge in [-0.25, -0.2) is 13.2 Å². The molecule has 0 aliphatic rings. The van der Waals surface area contributed by atoms with Gasteiger partial charge in [0.1, 0.15) is 11.6 Å². The number of rotatable bonds is 4. The van der Waals surface area contributed by atoms with Crippen LogP contribution in [0.1, 0.15) is 17.3 Å². The number of Topliss-reactive ketones (excluding diaryl/α,β-unsaturated/α-hetero) is 1. The van der Waals surface area contributed by atoms with Crippen LogP contribution in [0.25, 0.3) is 0 Å². The Morgan fingerprint density at radius 2 is 1.60 bits per heavy atom. The first-order chi connectivity index (χ1) is 9.47. The van der Waals surface area contributed by atoms with Crippen molar-refractivity contribution in [1.82, 2.24) is 0 Å². The van der Waals surface area contributed by atoms with Gasteiger partial charge in [-0.3, -0.25) is 4.79 Å². The van der Waals surface area contributed by atoms with E-state index in [2.05, 4.69) is 0 Å². The zero-order valence-corrected chi connectivity index (χ0v) is 10.6. The van der Waals surface area contributed by atoms with Crippen molar-refractivity contribution in [2.45, 2.75) is 13.0 Å². The first-order valence-electron chi connectivity index (χ1n) is 5.89. The molecule has 5 heteroatoms. The predicted octanol–water partition coefficient (Wildman–Crippen LogP) is 3.75.